The monoisotopic (exact) mass is 530 g/mol. The molecule has 0 spiro atoms. The van der Waals surface area contributed by atoms with Crippen LogP contribution in [-0.4, -0.2) is 30.2 Å². The second-order valence-electron chi connectivity index (χ2n) is 7.52. The fourth-order valence-corrected chi connectivity index (χ4v) is 5.28. The minimum Gasteiger partial charge on any atom is -0.466 e. The zero-order valence-corrected chi connectivity index (χ0v) is 21.0. The van der Waals surface area contributed by atoms with Crippen molar-refractivity contribution in [1.29, 1.82) is 0 Å². The lowest BCUT2D eigenvalue weighted by atomic mass is 9.83. The van der Waals surface area contributed by atoms with Crippen molar-refractivity contribution < 1.29 is 19.1 Å². The van der Waals surface area contributed by atoms with Crippen molar-refractivity contribution in [1.82, 2.24) is 4.57 Å². The van der Waals surface area contributed by atoms with E-state index in [1.807, 2.05) is 0 Å². The number of nitrogens with zero attached hydrogens (tertiary/aromatic N) is 1. The SMILES string of the molecule is CCOC(=O)C1=C(N)n2c(sc(=Cc3ccc(Cl)cc3)c2=O)=C(C(=O)OC)C1c1ccc(Cl)cc1. The van der Waals surface area contributed by atoms with Crippen LogP contribution >= 0.6 is 34.5 Å². The lowest BCUT2D eigenvalue weighted by Crippen LogP contribution is -2.41. The number of hydrogen-bond acceptors (Lipinski definition) is 7. The average molecular weight is 531 g/mol. The molecule has 7 nitrogen and oxygen atoms in total. The molecule has 0 saturated carbocycles. The Morgan fingerprint density at radius 3 is 2.20 bits per heavy atom. The first-order valence-electron chi connectivity index (χ1n) is 10.5. The Bertz CT molecular complexity index is 1520. The van der Waals surface area contributed by atoms with Gasteiger partial charge in [0.25, 0.3) is 5.56 Å². The molecule has 2 aromatic carbocycles. The number of carbonyl (C=O) groups excluding carboxylic acids is 2. The van der Waals surface area contributed by atoms with Crippen LogP contribution in [0.2, 0.25) is 10.0 Å². The quantitative estimate of drug-likeness (QED) is 0.509. The van der Waals surface area contributed by atoms with E-state index in [1.165, 1.54) is 7.11 Å². The van der Waals surface area contributed by atoms with Gasteiger partial charge in [-0.2, -0.15) is 0 Å². The lowest BCUT2D eigenvalue weighted by Gasteiger charge is -2.26. The third-order valence-corrected chi connectivity index (χ3v) is 7.03. The normalized spacial score (nSPS) is 15.7. The van der Waals surface area contributed by atoms with Crippen LogP contribution in [0.5, 0.6) is 0 Å². The highest BCUT2D eigenvalue weighted by Crippen LogP contribution is 2.38. The number of nitrogens with two attached hydrogens (primary N) is 1. The van der Waals surface area contributed by atoms with Crippen LogP contribution < -0.4 is 20.5 Å². The molecule has 1 aliphatic rings. The van der Waals surface area contributed by atoms with E-state index in [0.717, 1.165) is 21.5 Å². The van der Waals surface area contributed by atoms with Crippen LogP contribution in [0.25, 0.3) is 17.5 Å². The number of fused-ring (bicyclic) bond motifs is 1. The molecule has 0 aliphatic carbocycles. The minimum atomic E-state index is -0.930. The molecule has 0 amide bonds. The first-order valence-corrected chi connectivity index (χ1v) is 12.1. The number of esters is 2. The number of hydrogen-bond donors (Lipinski definition) is 1. The van der Waals surface area contributed by atoms with Gasteiger partial charge in [-0.25, -0.2) is 9.59 Å². The summed E-state index contributed by atoms with van der Waals surface area (Å²) >= 11 is 13.1. The average Bonchev–Trinajstić information content (AvgIpc) is 3.16. The molecule has 2 heterocycles. The van der Waals surface area contributed by atoms with E-state index in [2.05, 4.69) is 0 Å². The van der Waals surface area contributed by atoms with Crippen LogP contribution in [0, 0.1) is 0 Å². The highest BCUT2D eigenvalue weighted by molar-refractivity contribution is 7.07. The summed E-state index contributed by atoms with van der Waals surface area (Å²) in [5.74, 6) is -2.48. The molecule has 1 unspecified atom stereocenters. The number of thiazole rings is 1. The largest absolute Gasteiger partial charge is 0.466 e. The van der Waals surface area contributed by atoms with Gasteiger partial charge in [-0.3, -0.25) is 9.36 Å². The van der Waals surface area contributed by atoms with Gasteiger partial charge in [-0.1, -0.05) is 47.5 Å². The van der Waals surface area contributed by atoms with E-state index in [9.17, 15) is 14.4 Å². The Labute approximate surface area is 214 Å². The minimum absolute atomic E-state index is 0.0278. The van der Waals surface area contributed by atoms with E-state index in [4.69, 9.17) is 38.4 Å². The molecule has 0 saturated heterocycles. The zero-order valence-electron chi connectivity index (χ0n) is 18.7. The van der Waals surface area contributed by atoms with Crippen molar-refractivity contribution in [2.75, 3.05) is 13.7 Å². The summed E-state index contributed by atoms with van der Waals surface area (Å²) in [5, 5.41) is 1.04. The number of methoxy groups -OCH3 is 1. The number of aromatic nitrogens is 1. The van der Waals surface area contributed by atoms with E-state index >= 15 is 0 Å². The Hall–Kier alpha value is -3.33. The van der Waals surface area contributed by atoms with Crippen molar-refractivity contribution in [3.8, 4) is 0 Å². The Morgan fingerprint density at radius 1 is 1.03 bits per heavy atom. The second kappa shape index (κ2) is 10.1. The van der Waals surface area contributed by atoms with E-state index in [0.29, 0.717) is 20.1 Å². The molecule has 0 bridgehead atoms. The van der Waals surface area contributed by atoms with E-state index in [1.54, 1.807) is 61.5 Å². The third kappa shape index (κ3) is 4.65. The summed E-state index contributed by atoms with van der Waals surface area (Å²) in [4.78, 5) is 39.6. The van der Waals surface area contributed by atoms with Crippen molar-refractivity contribution in [2.45, 2.75) is 12.8 Å². The zero-order chi connectivity index (χ0) is 25.3. The molecule has 180 valence electrons. The lowest BCUT2D eigenvalue weighted by molar-refractivity contribution is -0.138. The summed E-state index contributed by atoms with van der Waals surface area (Å²) in [5.41, 5.74) is 7.33. The third-order valence-electron chi connectivity index (χ3n) is 5.42. The van der Waals surface area contributed by atoms with Gasteiger partial charge >= 0.3 is 11.9 Å². The highest BCUT2D eigenvalue weighted by Gasteiger charge is 2.39. The van der Waals surface area contributed by atoms with Gasteiger partial charge in [0.05, 0.1) is 35.3 Å². The Balaban J connectivity index is 2.10. The number of benzene rings is 2. The maximum Gasteiger partial charge on any atom is 0.338 e. The maximum atomic E-state index is 13.4. The van der Waals surface area contributed by atoms with E-state index in [-0.39, 0.29) is 28.2 Å². The highest BCUT2D eigenvalue weighted by atomic mass is 35.5. The summed E-state index contributed by atoms with van der Waals surface area (Å²) in [6, 6.07) is 13.6. The predicted octanol–water partition coefficient (Wildman–Crippen LogP) is 2.86. The number of halogens is 2. The van der Waals surface area contributed by atoms with E-state index < -0.39 is 23.4 Å². The molecule has 35 heavy (non-hydrogen) atoms. The first-order chi connectivity index (χ1) is 16.8. The van der Waals surface area contributed by atoms with Crippen LogP contribution in [0.3, 0.4) is 0 Å². The van der Waals surface area contributed by atoms with Crippen LogP contribution in [-0.2, 0) is 19.1 Å². The fraction of sp³-hybridized carbons (Fsp3) is 0.160. The second-order valence-corrected chi connectivity index (χ2v) is 9.42. The smallest absolute Gasteiger partial charge is 0.338 e. The summed E-state index contributed by atoms with van der Waals surface area (Å²) in [6.07, 6.45) is 1.66. The molecule has 0 radical (unpaired) electrons. The molecule has 3 aromatic rings. The fourth-order valence-electron chi connectivity index (χ4n) is 3.86. The Morgan fingerprint density at radius 2 is 1.63 bits per heavy atom. The van der Waals surface area contributed by atoms with Gasteiger partial charge in [0.2, 0.25) is 0 Å². The molecule has 1 aliphatic heterocycles. The topological polar surface area (TPSA) is 101 Å². The summed E-state index contributed by atoms with van der Waals surface area (Å²) in [6.45, 7) is 1.73. The van der Waals surface area contributed by atoms with Crippen molar-refractivity contribution in [2.24, 2.45) is 5.73 Å². The van der Waals surface area contributed by atoms with Gasteiger partial charge in [0.1, 0.15) is 10.5 Å². The van der Waals surface area contributed by atoms with Crippen molar-refractivity contribution in [3.63, 3.8) is 0 Å². The van der Waals surface area contributed by atoms with Crippen molar-refractivity contribution in [3.05, 3.63) is 94.8 Å². The van der Waals surface area contributed by atoms with Gasteiger partial charge in [0.15, 0.2) is 0 Å². The standard InChI is InChI=1S/C25H20Cl2N2O5S/c1-3-34-25(32)19-18(14-6-10-16(27)11-7-14)20(24(31)33-2)23-29(21(19)28)22(30)17(35-23)12-13-4-8-15(26)9-5-13/h4-12,18H,3,28H2,1-2H3. The van der Waals surface area contributed by atoms with Gasteiger partial charge in [-0.05, 0) is 48.4 Å². The van der Waals surface area contributed by atoms with Gasteiger partial charge in [-0.15, -0.1) is 11.3 Å². The molecule has 1 atom stereocenters. The van der Waals surface area contributed by atoms with Gasteiger partial charge < -0.3 is 15.2 Å². The number of carbonyl (C=O) groups is 2. The van der Waals surface area contributed by atoms with Crippen LogP contribution in [0.1, 0.15) is 24.0 Å². The van der Waals surface area contributed by atoms with Crippen LogP contribution in [0.4, 0.5) is 0 Å². The molecule has 4 rings (SSSR count). The van der Waals surface area contributed by atoms with Gasteiger partial charge in [0, 0.05) is 10.0 Å². The van der Waals surface area contributed by atoms with Crippen LogP contribution in [0.15, 0.2) is 58.9 Å². The molecular weight excluding hydrogens is 511 g/mol. The molecule has 1 aromatic heterocycles. The summed E-state index contributed by atoms with van der Waals surface area (Å²) < 4.78 is 12.1. The maximum absolute atomic E-state index is 13.4. The molecule has 10 heteroatoms. The summed E-state index contributed by atoms with van der Waals surface area (Å²) in [7, 11) is 1.23. The molecular formula is C25H20Cl2N2O5S. The Kier molecular flexibility index (Phi) is 7.16. The number of ether oxygens (including phenoxy) is 2. The predicted molar refractivity (Wildman–Crippen MR) is 137 cm³/mol. The molecule has 2 N–H and O–H groups in total. The molecule has 0 fully saturated rings. The van der Waals surface area contributed by atoms with Crippen molar-refractivity contribution >= 4 is 63.9 Å². The first kappa shape index (κ1) is 24.8. The number of rotatable bonds is 5.